The zero-order valence-electron chi connectivity index (χ0n) is 19.1. The first kappa shape index (κ1) is 24.2. The molecule has 1 aliphatic carbocycles. The minimum Gasteiger partial charge on any atom is -0.368 e. The molecule has 0 aliphatic heterocycles. The molecule has 1 N–H and O–H groups in total. The van der Waals surface area contributed by atoms with Crippen molar-refractivity contribution in [2.45, 2.75) is 45.3 Å². The maximum atomic E-state index is 13.7. The normalized spacial score (nSPS) is 14.6. The van der Waals surface area contributed by atoms with Gasteiger partial charge in [0.05, 0.1) is 15.4 Å². The summed E-state index contributed by atoms with van der Waals surface area (Å²) in [5.74, 6) is 0.861. The van der Waals surface area contributed by atoms with Gasteiger partial charge >= 0.3 is 6.18 Å². The number of thiazole rings is 1. The highest BCUT2D eigenvalue weighted by molar-refractivity contribution is 7.15. The molecule has 3 aromatic rings. The standard InChI is InChI=1S/C25H27F3N4OS/c1-16(14-29-21-11-10-20(15-30-21)25(26,27)28)32(13-12-18-8-9-18)24(33)22-23(34-17(2)31-22)19-6-4-3-5-7-19/h3-7,10-11,15-16,18H,8-9,12-14H2,1-2H3,(H,29,30). The zero-order chi connectivity index (χ0) is 24.3. The number of benzene rings is 1. The average molecular weight is 489 g/mol. The topological polar surface area (TPSA) is 58.1 Å². The number of hydrogen-bond acceptors (Lipinski definition) is 5. The number of hydrogen-bond donors (Lipinski definition) is 1. The lowest BCUT2D eigenvalue weighted by Crippen LogP contribution is -2.43. The molecule has 0 spiro atoms. The van der Waals surface area contributed by atoms with Crippen molar-refractivity contribution in [1.29, 1.82) is 0 Å². The quantitative estimate of drug-likeness (QED) is 0.385. The smallest absolute Gasteiger partial charge is 0.368 e. The molecule has 1 unspecified atom stereocenters. The SMILES string of the molecule is Cc1nc(C(=O)N(CCC2CC2)C(C)CNc2ccc(C(F)(F)F)cn2)c(-c2ccccc2)s1. The Balaban J connectivity index is 1.50. The Hall–Kier alpha value is -2.94. The Kier molecular flexibility index (Phi) is 7.21. The summed E-state index contributed by atoms with van der Waals surface area (Å²) in [5.41, 5.74) is 0.613. The van der Waals surface area contributed by atoms with Gasteiger partial charge in [0.25, 0.3) is 5.91 Å². The van der Waals surface area contributed by atoms with E-state index in [1.54, 1.807) is 0 Å². The molecule has 2 aromatic heterocycles. The van der Waals surface area contributed by atoms with Gasteiger partial charge in [-0.05, 0) is 43.9 Å². The van der Waals surface area contributed by atoms with E-state index in [-0.39, 0.29) is 11.9 Å². The molecule has 2 heterocycles. The number of carbonyl (C=O) groups is 1. The van der Waals surface area contributed by atoms with Crippen molar-refractivity contribution in [3.63, 3.8) is 0 Å². The van der Waals surface area contributed by atoms with Crippen LogP contribution >= 0.6 is 11.3 Å². The second kappa shape index (κ2) is 10.1. The van der Waals surface area contributed by atoms with Crippen molar-refractivity contribution in [2.24, 2.45) is 5.92 Å². The molecule has 34 heavy (non-hydrogen) atoms. The van der Waals surface area contributed by atoms with Crippen molar-refractivity contribution < 1.29 is 18.0 Å². The summed E-state index contributed by atoms with van der Waals surface area (Å²) in [5, 5.41) is 3.90. The minimum absolute atomic E-state index is 0.126. The molecule has 4 rings (SSSR count). The molecule has 0 radical (unpaired) electrons. The molecule has 0 saturated heterocycles. The fourth-order valence-corrected chi connectivity index (χ4v) is 4.69. The summed E-state index contributed by atoms with van der Waals surface area (Å²) in [6.07, 6.45) is -0.303. The van der Waals surface area contributed by atoms with Crippen LogP contribution in [0.5, 0.6) is 0 Å². The van der Waals surface area contributed by atoms with Crippen molar-refractivity contribution in [3.8, 4) is 10.4 Å². The summed E-state index contributed by atoms with van der Waals surface area (Å²) in [7, 11) is 0. The molecular formula is C25H27F3N4OS. The maximum Gasteiger partial charge on any atom is 0.417 e. The second-order valence-corrected chi connectivity index (χ2v) is 9.87. The van der Waals surface area contributed by atoms with E-state index in [1.807, 2.05) is 49.1 Å². The highest BCUT2D eigenvalue weighted by Crippen LogP contribution is 2.34. The van der Waals surface area contributed by atoms with E-state index in [1.165, 1.54) is 30.2 Å². The average Bonchev–Trinajstić information content (AvgIpc) is 3.56. The maximum absolute atomic E-state index is 13.7. The van der Waals surface area contributed by atoms with Gasteiger partial charge in [0, 0.05) is 25.3 Å². The van der Waals surface area contributed by atoms with Crippen LogP contribution in [0, 0.1) is 12.8 Å². The van der Waals surface area contributed by atoms with Crippen LogP contribution in [0.25, 0.3) is 10.4 Å². The van der Waals surface area contributed by atoms with Crippen molar-refractivity contribution >= 4 is 23.1 Å². The highest BCUT2D eigenvalue weighted by Gasteiger charge is 2.31. The molecule has 180 valence electrons. The number of amides is 1. The number of carbonyl (C=O) groups excluding carboxylic acids is 1. The first-order chi connectivity index (χ1) is 16.2. The third-order valence-corrected chi connectivity index (χ3v) is 6.93. The van der Waals surface area contributed by atoms with Crippen LogP contribution in [-0.4, -0.2) is 39.9 Å². The molecule has 0 bridgehead atoms. The lowest BCUT2D eigenvalue weighted by Gasteiger charge is -2.29. The van der Waals surface area contributed by atoms with E-state index in [2.05, 4.69) is 15.3 Å². The number of rotatable bonds is 9. The number of aromatic nitrogens is 2. The Morgan fingerprint density at radius 3 is 2.56 bits per heavy atom. The van der Waals surface area contributed by atoms with Gasteiger partial charge in [-0.15, -0.1) is 11.3 Å². The first-order valence-electron chi connectivity index (χ1n) is 11.3. The number of nitrogens with zero attached hydrogens (tertiary/aromatic N) is 3. The molecule has 1 saturated carbocycles. The number of halogens is 3. The Labute approximate surface area is 201 Å². The lowest BCUT2D eigenvalue weighted by molar-refractivity contribution is -0.137. The minimum atomic E-state index is -4.42. The molecule has 1 aromatic carbocycles. The third kappa shape index (κ3) is 5.94. The van der Waals surface area contributed by atoms with E-state index in [4.69, 9.17) is 0 Å². The van der Waals surface area contributed by atoms with Crippen LogP contribution in [-0.2, 0) is 6.18 Å². The molecule has 1 amide bonds. The van der Waals surface area contributed by atoms with Gasteiger partial charge in [-0.3, -0.25) is 4.79 Å². The fraction of sp³-hybridized carbons (Fsp3) is 0.400. The third-order valence-electron chi connectivity index (χ3n) is 5.91. The van der Waals surface area contributed by atoms with E-state index in [0.717, 1.165) is 34.1 Å². The first-order valence-corrected chi connectivity index (χ1v) is 12.1. The van der Waals surface area contributed by atoms with Crippen LogP contribution in [0.1, 0.15) is 47.2 Å². The molecule has 1 fully saturated rings. The van der Waals surface area contributed by atoms with Gasteiger partial charge in [-0.25, -0.2) is 9.97 Å². The summed E-state index contributed by atoms with van der Waals surface area (Å²) in [4.78, 5) is 24.8. The number of aryl methyl sites for hydroxylation is 1. The lowest BCUT2D eigenvalue weighted by atomic mass is 10.1. The summed E-state index contributed by atoms with van der Waals surface area (Å²) < 4.78 is 38.4. The Morgan fingerprint density at radius 2 is 1.94 bits per heavy atom. The zero-order valence-corrected chi connectivity index (χ0v) is 19.9. The van der Waals surface area contributed by atoms with Gasteiger partial charge in [-0.1, -0.05) is 43.2 Å². The number of nitrogens with one attached hydrogen (secondary N) is 1. The van der Waals surface area contributed by atoms with Crippen LogP contribution in [0.3, 0.4) is 0 Å². The number of pyridine rings is 1. The molecular weight excluding hydrogens is 461 g/mol. The Morgan fingerprint density at radius 1 is 1.21 bits per heavy atom. The highest BCUT2D eigenvalue weighted by atomic mass is 32.1. The van der Waals surface area contributed by atoms with Crippen molar-refractivity contribution in [2.75, 3.05) is 18.4 Å². The van der Waals surface area contributed by atoms with Gasteiger partial charge in [0.2, 0.25) is 0 Å². The molecule has 5 nitrogen and oxygen atoms in total. The van der Waals surface area contributed by atoms with E-state index in [9.17, 15) is 18.0 Å². The van der Waals surface area contributed by atoms with Crippen molar-refractivity contribution in [3.05, 3.63) is 64.9 Å². The van der Waals surface area contributed by atoms with Crippen LogP contribution in [0.2, 0.25) is 0 Å². The van der Waals surface area contributed by atoms with Crippen molar-refractivity contribution in [1.82, 2.24) is 14.9 Å². The summed E-state index contributed by atoms with van der Waals surface area (Å²) >= 11 is 1.50. The van der Waals surface area contributed by atoms with Gasteiger partial charge < -0.3 is 10.2 Å². The van der Waals surface area contributed by atoms with Gasteiger partial charge in [-0.2, -0.15) is 13.2 Å². The Bertz CT molecular complexity index is 1110. The molecule has 1 atom stereocenters. The van der Waals surface area contributed by atoms with Gasteiger partial charge in [0.1, 0.15) is 11.5 Å². The molecule has 9 heteroatoms. The van der Waals surface area contributed by atoms with Crippen LogP contribution in [0.4, 0.5) is 19.0 Å². The second-order valence-electron chi connectivity index (χ2n) is 8.67. The predicted molar refractivity (Wildman–Crippen MR) is 128 cm³/mol. The van der Waals surface area contributed by atoms with E-state index < -0.39 is 11.7 Å². The van der Waals surface area contributed by atoms with E-state index in [0.29, 0.717) is 30.5 Å². The fourth-order valence-electron chi connectivity index (χ4n) is 3.77. The summed E-state index contributed by atoms with van der Waals surface area (Å²) in [6.45, 7) is 4.79. The van der Waals surface area contributed by atoms with Crippen LogP contribution < -0.4 is 5.32 Å². The van der Waals surface area contributed by atoms with E-state index >= 15 is 0 Å². The predicted octanol–water partition coefficient (Wildman–Crippen LogP) is 6.28. The van der Waals surface area contributed by atoms with Crippen LogP contribution in [0.15, 0.2) is 48.7 Å². The number of alkyl halides is 3. The number of anilines is 1. The van der Waals surface area contributed by atoms with Gasteiger partial charge in [0.15, 0.2) is 0 Å². The summed E-state index contributed by atoms with van der Waals surface area (Å²) in [6, 6.07) is 11.9. The molecule has 1 aliphatic rings. The monoisotopic (exact) mass is 488 g/mol. The largest absolute Gasteiger partial charge is 0.417 e.